The smallest absolute Gasteiger partial charge is 0.253 e. The first-order valence-electron chi connectivity index (χ1n) is 5.99. The number of halogens is 3. The average molecular weight is 312 g/mol. The van der Waals surface area contributed by atoms with E-state index >= 15 is 0 Å². The molecule has 1 amide bonds. The quantitative estimate of drug-likeness (QED) is 0.880. The van der Waals surface area contributed by atoms with Gasteiger partial charge < -0.3 is 5.32 Å². The van der Waals surface area contributed by atoms with Crippen LogP contribution < -0.4 is 5.32 Å². The van der Waals surface area contributed by atoms with Crippen molar-refractivity contribution in [1.29, 1.82) is 0 Å². The Morgan fingerprint density at radius 3 is 2.45 bits per heavy atom. The summed E-state index contributed by atoms with van der Waals surface area (Å²) in [6.45, 7) is 1.81. The van der Waals surface area contributed by atoms with E-state index in [0.717, 1.165) is 5.56 Å². The lowest BCUT2D eigenvalue weighted by Crippen LogP contribution is -2.26. The van der Waals surface area contributed by atoms with Crippen LogP contribution in [-0.2, 0) is 0 Å². The Morgan fingerprint density at radius 2 is 1.80 bits per heavy atom. The van der Waals surface area contributed by atoms with E-state index in [0.29, 0.717) is 10.6 Å². The fourth-order valence-electron chi connectivity index (χ4n) is 1.79. The highest BCUT2D eigenvalue weighted by Gasteiger charge is 2.15. The Morgan fingerprint density at radius 1 is 1.15 bits per heavy atom. The van der Waals surface area contributed by atoms with Crippen molar-refractivity contribution >= 4 is 29.1 Å². The zero-order chi connectivity index (χ0) is 14.7. The van der Waals surface area contributed by atoms with Crippen molar-refractivity contribution in [1.82, 2.24) is 5.32 Å². The van der Waals surface area contributed by atoms with Crippen LogP contribution in [0.1, 0.15) is 28.9 Å². The summed E-state index contributed by atoms with van der Waals surface area (Å²) in [5.41, 5.74) is 1.12. The fourth-order valence-corrected chi connectivity index (χ4v) is 2.17. The van der Waals surface area contributed by atoms with E-state index < -0.39 is 0 Å². The Bertz CT molecular complexity index is 628. The number of carbonyl (C=O) groups is 1. The highest BCUT2D eigenvalue weighted by atomic mass is 35.5. The van der Waals surface area contributed by atoms with Crippen LogP contribution in [0.25, 0.3) is 0 Å². The molecule has 0 saturated heterocycles. The van der Waals surface area contributed by atoms with Crippen LogP contribution >= 0.6 is 23.2 Å². The Kier molecular flexibility index (Phi) is 4.63. The maximum absolute atomic E-state index is 12.9. The van der Waals surface area contributed by atoms with Crippen molar-refractivity contribution in [2.24, 2.45) is 0 Å². The van der Waals surface area contributed by atoms with Crippen LogP contribution in [0.15, 0.2) is 42.5 Å². The molecule has 0 unspecified atom stereocenters. The Labute approximate surface area is 126 Å². The van der Waals surface area contributed by atoms with E-state index in [1.54, 1.807) is 30.3 Å². The molecule has 104 valence electrons. The van der Waals surface area contributed by atoms with Gasteiger partial charge in [0.25, 0.3) is 5.91 Å². The number of hydrogen-bond donors (Lipinski definition) is 1. The summed E-state index contributed by atoms with van der Waals surface area (Å²) in [5, 5.41) is 3.34. The maximum atomic E-state index is 12.9. The molecule has 1 N–H and O–H groups in total. The number of benzene rings is 2. The molecule has 0 heterocycles. The van der Waals surface area contributed by atoms with Crippen LogP contribution in [0, 0.1) is 5.82 Å². The van der Waals surface area contributed by atoms with Gasteiger partial charge in [-0.2, -0.15) is 0 Å². The number of nitrogens with one attached hydrogen (secondary N) is 1. The van der Waals surface area contributed by atoms with Crippen molar-refractivity contribution < 1.29 is 9.18 Å². The number of rotatable bonds is 3. The number of amides is 1. The fraction of sp³-hybridized carbons (Fsp3) is 0.133. The van der Waals surface area contributed by atoms with Gasteiger partial charge in [0.15, 0.2) is 0 Å². The van der Waals surface area contributed by atoms with Crippen molar-refractivity contribution in [3.8, 4) is 0 Å². The van der Waals surface area contributed by atoms with Crippen LogP contribution in [0.5, 0.6) is 0 Å². The predicted molar refractivity (Wildman–Crippen MR) is 78.7 cm³/mol. The molecule has 0 radical (unpaired) electrons. The molecule has 2 aromatic rings. The van der Waals surface area contributed by atoms with Crippen LogP contribution in [-0.4, -0.2) is 5.91 Å². The second kappa shape index (κ2) is 6.25. The summed E-state index contributed by atoms with van der Waals surface area (Å²) in [5.74, 6) is -0.639. The first-order valence-corrected chi connectivity index (χ1v) is 6.75. The van der Waals surface area contributed by atoms with Gasteiger partial charge in [-0.05, 0) is 36.8 Å². The molecule has 0 saturated carbocycles. The first kappa shape index (κ1) is 14.8. The zero-order valence-electron chi connectivity index (χ0n) is 10.7. The molecule has 5 heteroatoms. The Hall–Kier alpha value is -1.58. The van der Waals surface area contributed by atoms with Gasteiger partial charge in [-0.25, -0.2) is 4.39 Å². The van der Waals surface area contributed by atoms with Gasteiger partial charge in [0.1, 0.15) is 5.82 Å². The van der Waals surface area contributed by atoms with E-state index in [4.69, 9.17) is 23.2 Å². The highest BCUT2D eigenvalue weighted by Crippen LogP contribution is 2.26. The van der Waals surface area contributed by atoms with E-state index in [9.17, 15) is 9.18 Å². The van der Waals surface area contributed by atoms with Crippen molar-refractivity contribution in [3.05, 3.63) is 69.5 Å². The summed E-state index contributed by atoms with van der Waals surface area (Å²) in [6.07, 6.45) is 0. The van der Waals surface area contributed by atoms with E-state index in [1.807, 2.05) is 6.92 Å². The summed E-state index contributed by atoms with van der Waals surface area (Å²) in [4.78, 5) is 12.1. The van der Waals surface area contributed by atoms with Crippen molar-refractivity contribution in [3.63, 3.8) is 0 Å². The summed E-state index contributed by atoms with van der Waals surface area (Å²) in [7, 11) is 0. The number of hydrogen-bond acceptors (Lipinski definition) is 1. The molecule has 0 aliphatic heterocycles. The van der Waals surface area contributed by atoms with Gasteiger partial charge in [-0.1, -0.05) is 41.4 Å². The van der Waals surface area contributed by atoms with Gasteiger partial charge in [0, 0.05) is 0 Å². The van der Waals surface area contributed by atoms with Crippen LogP contribution in [0.2, 0.25) is 10.0 Å². The lowest BCUT2D eigenvalue weighted by molar-refractivity contribution is 0.0940. The minimum Gasteiger partial charge on any atom is -0.345 e. The lowest BCUT2D eigenvalue weighted by Gasteiger charge is -2.15. The van der Waals surface area contributed by atoms with Crippen molar-refractivity contribution in [2.75, 3.05) is 0 Å². The second-order valence-electron chi connectivity index (χ2n) is 4.35. The molecule has 0 fully saturated rings. The van der Waals surface area contributed by atoms with Gasteiger partial charge >= 0.3 is 0 Å². The molecular weight excluding hydrogens is 300 g/mol. The molecule has 0 aliphatic rings. The molecule has 2 nitrogen and oxygen atoms in total. The lowest BCUT2D eigenvalue weighted by atomic mass is 10.1. The third-order valence-electron chi connectivity index (χ3n) is 2.91. The minimum atomic E-state index is -0.325. The summed E-state index contributed by atoms with van der Waals surface area (Å²) < 4.78 is 12.9. The molecule has 20 heavy (non-hydrogen) atoms. The standard InChI is InChI=1S/C15H12Cl2FNO/c1-9(10-5-7-11(18)8-6-10)19-15(20)12-3-2-4-13(16)14(12)17/h2-9H,1H3,(H,19,20)/t9-/m1/s1. The molecule has 2 aromatic carbocycles. The van der Waals surface area contributed by atoms with E-state index in [2.05, 4.69) is 5.32 Å². The average Bonchev–Trinajstić information content (AvgIpc) is 2.42. The molecule has 1 atom stereocenters. The van der Waals surface area contributed by atoms with Crippen LogP contribution in [0.3, 0.4) is 0 Å². The molecule has 0 aliphatic carbocycles. The molecule has 2 rings (SSSR count). The topological polar surface area (TPSA) is 29.1 Å². The third-order valence-corrected chi connectivity index (χ3v) is 3.73. The highest BCUT2D eigenvalue weighted by molar-refractivity contribution is 6.43. The Balaban J connectivity index is 2.15. The maximum Gasteiger partial charge on any atom is 0.253 e. The zero-order valence-corrected chi connectivity index (χ0v) is 12.2. The minimum absolute atomic E-state index is 0.220. The normalized spacial score (nSPS) is 12.0. The monoisotopic (exact) mass is 311 g/mol. The van der Waals surface area contributed by atoms with Crippen molar-refractivity contribution in [2.45, 2.75) is 13.0 Å². The SMILES string of the molecule is C[C@@H](NC(=O)c1cccc(Cl)c1Cl)c1ccc(F)cc1. The first-order chi connectivity index (χ1) is 9.49. The van der Waals surface area contributed by atoms with E-state index in [-0.39, 0.29) is 22.8 Å². The largest absolute Gasteiger partial charge is 0.345 e. The summed E-state index contributed by atoms with van der Waals surface area (Å²) in [6, 6.07) is 10.6. The van der Waals surface area contributed by atoms with Gasteiger partial charge in [-0.15, -0.1) is 0 Å². The molecule has 0 bridgehead atoms. The van der Waals surface area contributed by atoms with Gasteiger partial charge in [-0.3, -0.25) is 4.79 Å². The van der Waals surface area contributed by atoms with Crippen LogP contribution in [0.4, 0.5) is 4.39 Å². The van der Waals surface area contributed by atoms with Gasteiger partial charge in [0.2, 0.25) is 0 Å². The number of carbonyl (C=O) groups excluding carboxylic acids is 1. The van der Waals surface area contributed by atoms with E-state index in [1.165, 1.54) is 12.1 Å². The second-order valence-corrected chi connectivity index (χ2v) is 5.13. The predicted octanol–water partition coefficient (Wildman–Crippen LogP) is 4.62. The molecular formula is C15H12Cl2FNO. The third kappa shape index (κ3) is 3.30. The molecule has 0 aromatic heterocycles. The van der Waals surface area contributed by atoms with Gasteiger partial charge in [0.05, 0.1) is 21.7 Å². The summed E-state index contributed by atoms with van der Waals surface area (Å²) >= 11 is 11.9. The molecule has 0 spiro atoms.